The number of nitrogens with zero attached hydrogens (tertiary/aromatic N) is 3. The van der Waals surface area contributed by atoms with Crippen molar-refractivity contribution in [2.45, 2.75) is 29.7 Å². The van der Waals surface area contributed by atoms with Gasteiger partial charge in [-0.2, -0.15) is 0 Å². The number of piperidine rings is 1. The minimum Gasteiger partial charge on any atom is -0.385 e. The molecule has 2 aromatic carbocycles. The fourth-order valence-corrected chi connectivity index (χ4v) is 5.70. The Balaban J connectivity index is 1.41. The Kier molecular flexibility index (Phi) is 8.88. The zero-order valence-electron chi connectivity index (χ0n) is 20.7. The normalized spacial score (nSPS) is 17.0. The highest BCUT2D eigenvalue weighted by molar-refractivity contribution is 8.00. The molecule has 1 N–H and O–H groups in total. The van der Waals surface area contributed by atoms with Crippen LogP contribution >= 0.6 is 11.8 Å². The van der Waals surface area contributed by atoms with E-state index in [9.17, 15) is 14.4 Å². The van der Waals surface area contributed by atoms with Crippen molar-refractivity contribution in [2.24, 2.45) is 0 Å². The summed E-state index contributed by atoms with van der Waals surface area (Å²) < 4.78 is 5.02. The Morgan fingerprint density at radius 3 is 2.36 bits per heavy atom. The molecule has 2 aliphatic rings. The van der Waals surface area contributed by atoms with Crippen molar-refractivity contribution in [2.75, 3.05) is 57.2 Å². The second kappa shape index (κ2) is 12.3. The molecule has 2 aromatic rings. The Morgan fingerprint density at radius 1 is 1.03 bits per heavy atom. The maximum absolute atomic E-state index is 13.7. The van der Waals surface area contributed by atoms with E-state index in [2.05, 4.69) is 10.2 Å². The van der Waals surface area contributed by atoms with Crippen LogP contribution < -0.4 is 10.2 Å². The Labute approximate surface area is 217 Å². The number of anilines is 1. The molecule has 0 radical (unpaired) electrons. The van der Waals surface area contributed by atoms with Crippen LogP contribution in [0.1, 0.15) is 19.3 Å². The molecule has 1 spiro atoms. The SMILES string of the molecule is COCCCNC(=O)CN1CN(c2ccccc2)C2(CCN(C(=O)CSc3ccccc3)CC2)C1=O. The summed E-state index contributed by atoms with van der Waals surface area (Å²) in [6.45, 7) is 2.49. The molecule has 192 valence electrons. The van der Waals surface area contributed by atoms with Crippen LogP contribution in [0.2, 0.25) is 0 Å². The van der Waals surface area contributed by atoms with E-state index >= 15 is 0 Å². The molecule has 36 heavy (non-hydrogen) atoms. The molecule has 8 nitrogen and oxygen atoms in total. The highest BCUT2D eigenvalue weighted by atomic mass is 32.2. The molecule has 3 amide bonds. The fraction of sp³-hybridized carbons (Fsp3) is 0.444. The zero-order chi connectivity index (χ0) is 25.4. The van der Waals surface area contributed by atoms with Crippen molar-refractivity contribution >= 4 is 35.2 Å². The zero-order valence-corrected chi connectivity index (χ0v) is 21.5. The maximum atomic E-state index is 13.7. The predicted molar refractivity (Wildman–Crippen MR) is 141 cm³/mol. The van der Waals surface area contributed by atoms with Gasteiger partial charge in [0, 0.05) is 43.9 Å². The van der Waals surface area contributed by atoms with Crippen LogP contribution in [0.5, 0.6) is 0 Å². The van der Waals surface area contributed by atoms with Gasteiger partial charge in [-0.05, 0) is 43.5 Å². The van der Waals surface area contributed by atoms with E-state index in [1.54, 1.807) is 12.0 Å². The molecule has 2 heterocycles. The average molecular weight is 511 g/mol. The molecule has 0 bridgehead atoms. The minimum atomic E-state index is -0.749. The Bertz CT molecular complexity index is 1030. The van der Waals surface area contributed by atoms with E-state index in [4.69, 9.17) is 4.74 Å². The van der Waals surface area contributed by atoms with Gasteiger partial charge in [0.15, 0.2) is 0 Å². The van der Waals surface area contributed by atoms with E-state index in [-0.39, 0.29) is 24.3 Å². The molecular weight excluding hydrogens is 476 g/mol. The number of amides is 3. The van der Waals surface area contributed by atoms with Gasteiger partial charge in [0.05, 0.1) is 12.4 Å². The lowest BCUT2D eigenvalue weighted by Gasteiger charge is -2.43. The van der Waals surface area contributed by atoms with Crippen LogP contribution in [0.25, 0.3) is 0 Å². The monoisotopic (exact) mass is 510 g/mol. The number of ether oxygens (including phenoxy) is 1. The Hall–Kier alpha value is -3.04. The van der Waals surface area contributed by atoms with E-state index in [1.807, 2.05) is 65.6 Å². The minimum absolute atomic E-state index is 0.0211. The summed E-state index contributed by atoms with van der Waals surface area (Å²) >= 11 is 1.53. The molecule has 4 rings (SSSR count). The third-order valence-corrected chi connectivity index (χ3v) is 7.81. The van der Waals surface area contributed by atoms with Gasteiger partial charge in [0.25, 0.3) is 5.91 Å². The number of hydrogen-bond acceptors (Lipinski definition) is 6. The van der Waals surface area contributed by atoms with Crippen molar-refractivity contribution in [3.05, 3.63) is 60.7 Å². The van der Waals surface area contributed by atoms with Gasteiger partial charge in [0.2, 0.25) is 11.8 Å². The van der Waals surface area contributed by atoms with Crippen LogP contribution in [0.3, 0.4) is 0 Å². The predicted octanol–water partition coefficient (Wildman–Crippen LogP) is 2.60. The first-order valence-corrected chi connectivity index (χ1v) is 13.4. The first-order valence-electron chi connectivity index (χ1n) is 12.4. The van der Waals surface area contributed by atoms with E-state index in [0.29, 0.717) is 51.5 Å². The topological polar surface area (TPSA) is 82.2 Å². The summed E-state index contributed by atoms with van der Waals surface area (Å²) in [5.41, 5.74) is 0.203. The molecule has 0 saturated carbocycles. The van der Waals surface area contributed by atoms with Gasteiger partial charge in [-0.3, -0.25) is 14.4 Å². The highest BCUT2D eigenvalue weighted by Crippen LogP contribution is 2.39. The Morgan fingerprint density at radius 2 is 1.69 bits per heavy atom. The third-order valence-electron chi connectivity index (χ3n) is 6.81. The molecule has 2 fully saturated rings. The first kappa shape index (κ1) is 26.0. The number of carbonyl (C=O) groups is 3. The number of rotatable bonds is 10. The van der Waals surface area contributed by atoms with Crippen LogP contribution in [-0.4, -0.2) is 85.4 Å². The molecule has 9 heteroatoms. The number of methoxy groups -OCH3 is 1. The second-order valence-corrected chi connectivity index (χ2v) is 10.2. The van der Waals surface area contributed by atoms with Crippen molar-refractivity contribution in [1.29, 1.82) is 0 Å². The number of para-hydroxylation sites is 1. The van der Waals surface area contributed by atoms with E-state index in [0.717, 1.165) is 17.0 Å². The summed E-state index contributed by atoms with van der Waals surface area (Å²) in [4.78, 5) is 45.9. The molecule has 0 aliphatic carbocycles. The van der Waals surface area contributed by atoms with E-state index < -0.39 is 5.54 Å². The lowest BCUT2D eigenvalue weighted by Crippen LogP contribution is -2.57. The lowest BCUT2D eigenvalue weighted by atomic mass is 9.85. The average Bonchev–Trinajstić information content (AvgIpc) is 3.17. The maximum Gasteiger partial charge on any atom is 0.250 e. The highest BCUT2D eigenvalue weighted by Gasteiger charge is 2.54. The van der Waals surface area contributed by atoms with Gasteiger partial charge >= 0.3 is 0 Å². The summed E-state index contributed by atoms with van der Waals surface area (Å²) in [6.07, 6.45) is 1.80. The number of hydrogen-bond donors (Lipinski definition) is 1. The molecule has 0 unspecified atom stereocenters. The smallest absolute Gasteiger partial charge is 0.250 e. The van der Waals surface area contributed by atoms with Gasteiger partial charge < -0.3 is 24.8 Å². The summed E-state index contributed by atoms with van der Waals surface area (Å²) in [5.74, 6) is 0.254. The summed E-state index contributed by atoms with van der Waals surface area (Å²) in [7, 11) is 1.63. The number of likely N-dealkylation sites (tertiary alicyclic amines) is 1. The lowest BCUT2D eigenvalue weighted by molar-refractivity contribution is -0.139. The van der Waals surface area contributed by atoms with Crippen LogP contribution in [0.4, 0.5) is 5.69 Å². The standard InChI is InChI=1S/C27H34N4O4S/c1-35-18-8-15-28-24(32)19-30-21-31(22-9-4-2-5-10-22)27(26(30)34)13-16-29(17-14-27)25(33)20-36-23-11-6-3-7-12-23/h2-7,9-12H,8,13-21H2,1H3,(H,28,32). The van der Waals surface area contributed by atoms with Crippen LogP contribution in [0, 0.1) is 0 Å². The summed E-state index contributed by atoms with van der Waals surface area (Å²) in [6, 6.07) is 19.7. The molecule has 0 aromatic heterocycles. The molecule has 0 atom stereocenters. The van der Waals surface area contributed by atoms with Gasteiger partial charge in [-0.25, -0.2) is 0 Å². The van der Waals surface area contributed by atoms with E-state index in [1.165, 1.54) is 11.8 Å². The second-order valence-electron chi connectivity index (χ2n) is 9.12. The van der Waals surface area contributed by atoms with Crippen molar-refractivity contribution in [1.82, 2.24) is 15.1 Å². The summed E-state index contributed by atoms with van der Waals surface area (Å²) in [5, 5.41) is 2.87. The largest absolute Gasteiger partial charge is 0.385 e. The van der Waals surface area contributed by atoms with Crippen molar-refractivity contribution in [3.63, 3.8) is 0 Å². The van der Waals surface area contributed by atoms with Gasteiger partial charge in [-0.1, -0.05) is 36.4 Å². The van der Waals surface area contributed by atoms with Crippen LogP contribution in [-0.2, 0) is 19.1 Å². The number of carbonyl (C=O) groups excluding carboxylic acids is 3. The number of nitrogens with one attached hydrogen (secondary N) is 1. The van der Waals surface area contributed by atoms with Crippen molar-refractivity contribution < 1.29 is 19.1 Å². The molecule has 2 aliphatic heterocycles. The number of thioether (sulfide) groups is 1. The third kappa shape index (κ3) is 6.02. The fourth-order valence-electron chi connectivity index (χ4n) is 4.88. The number of benzene rings is 2. The molecular formula is C27H34N4O4S. The quantitative estimate of drug-likeness (QED) is 0.391. The first-order chi connectivity index (χ1) is 17.5. The van der Waals surface area contributed by atoms with Crippen molar-refractivity contribution in [3.8, 4) is 0 Å². The van der Waals surface area contributed by atoms with Gasteiger partial charge in [-0.15, -0.1) is 11.8 Å². The van der Waals surface area contributed by atoms with Crippen LogP contribution in [0.15, 0.2) is 65.6 Å². The molecule has 2 saturated heterocycles. The van der Waals surface area contributed by atoms with Gasteiger partial charge in [0.1, 0.15) is 12.1 Å².